The molecule has 25 heavy (non-hydrogen) atoms. The van der Waals surface area contributed by atoms with Crippen LogP contribution in [0.5, 0.6) is 17.2 Å². The van der Waals surface area contributed by atoms with Crippen LogP contribution in [0.3, 0.4) is 0 Å². The highest BCUT2D eigenvalue weighted by atomic mass is 16.6. The maximum Gasteiger partial charge on any atom is 0.325 e. The van der Waals surface area contributed by atoms with E-state index in [1.807, 2.05) is 0 Å². The third-order valence-electron chi connectivity index (χ3n) is 3.07. The molecule has 12 heteroatoms. The maximum absolute atomic E-state index is 11.2. The van der Waals surface area contributed by atoms with Crippen molar-refractivity contribution in [3.63, 3.8) is 0 Å². The lowest BCUT2D eigenvalue weighted by Crippen LogP contribution is -2.03. The average Bonchev–Trinajstić information content (AvgIpc) is 2.55. The van der Waals surface area contributed by atoms with Crippen LogP contribution < -0.4 is 15.2 Å². The number of nitrogens with zero attached hydrogens (tertiary/aromatic N) is 3. The molecule has 0 aromatic heterocycles. The van der Waals surface area contributed by atoms with Gasteiger partial charge in [0.2, 0.25) is 0 Å². The van der Waals surface area contributed by atoms with E-state index >= 15 is 0 Å². The standard InChI is InChI=1S/C13H10N4O8/c1-24-11-4-2-3-8(14)12(11)25-13-9(16(20)21)5-7(15(18)19)6-10(13)17(22)23/h2-6H,14H2,1H3. The number of rotatable bonds is 6. The Labute approximate surface area is 138 Å². The predicted molar refractivity (Wildman–Crippen MR) is 83.9 cm³/mol. The molecule has 2 N–H and O–H groups in total. The smallest absolute Gasteiger partial charge is 0.325 e. The Hall–Kier alpha value is -3.96. The first-order valence-electron chi connectivity index (χ1n) is 6.47. The molecule has 0 spiro atoms. The number of para-hydroxylation sites is 1. The second kappa shape index (κ2) is 6.66. The topological polar surface area (TPSA) is 174 Å². The van der Waals surface area contributed by atoms with Crippen molar-refractivity contribution < 1.29 is 24.2 Å². The Kier molecular flexibility index (Phi) is 4.63. The molecule has 0 bridgehead atoms. The zero-order valence-corrected chi connectivity index (χ0v) is 12.6. The first-order valence-corrected chi connectivity index (χ1v) is 6.47. The lowest BCUT2D eigenvalue weighted by atomic mass is 10.2. The quantitative estimate of drug-likeness (QED) is 0.466. The van der Waals surface area contributed by atoms with Crippen LogP contribution in [0.25, 0.3) is 0 Å². The normalized spacial score (nSPS) is 10.1. The lowest BCUT2D eigenvalue weighted by Gasteiger charge is -2.12. The highest BCUT2D eigenvalue weighted by Gasteiger charge is 2.33. The molecule has 0 aliphatic carbocycles. The van der Waals surface area contributed by atoms with Crippen molar-refractivity contribution in [1.29, 1.82) is 0 Å². The van der Waals surface area contributed by atoms with Gasteiger partial charge in [-0.25, -0.2) is 0 Å². The van der Waals surface area contributed by atoms with E-state index in [1.165, 1.54) is 25.3 Å². The Balaban J connectivity index is 2.74. The fourth-order valence-corrected chi connectivity index (χ4v) is 1.97. The number of nitro benzene ring substituents is 3. The van der Waals surface area contributed by atoms with Crippen molar-refractivity contribution in [2.45, 2.75) is 0 Å². The average molecular weight is 350 g/mol. The molecule has 12 nitrogen and oxygen atoms in total. The molecule has 2 rings (SSSR count). The summed E-state index contributed by atoms with van der Waals surface area (Å²) in [6, 6.07) is 5.46. The van der Waals surface area contributed by atoms with Crippen molar-refractivity contribution in [3.05, 3.63) is 60.7 Å². The molecular weight excluding hydrogens is 340 g/mol. The molecule has 0 saturated carbocycles. The molecule has 0 aliphatic heterocycles. The third kappa shape index (κ3) is 3.36. The van der Waals surface area contributed by atoms with Crippen molar-refractivity contribution in [1.82, 2.24) is 0 Å². The summed E-state index contributed by atoms with van der Waals surface area (Å²) in [5.74, 6) is -0.913. The van der Waals surface area contributed by atoms with Crippen LogP contribution in [-0.4, -0.2) is 21.9 Å². The first kappa shape index (κ1) is 17.4. The molecule has 0 atom stereocenters. The number of ether oxygens (including phenoxy) is 2. The molecule has 130 valence electrons. The molecule has 2 aromatic rings. The number of nitro groups is 3. The van der Waals surface area contributed by atoms with Crippen LogP contribution in [0.15, 0.2) is 30.3 Å². The van der Waals surface area contributed by atoms with Gasteiger partial charge in [-0.15, -0.1) is 0 Å². The van der Waals surface area contributed by atoms with Gasteiger partial charge in [-0.3, -0.25) is 30.3 Å². The van der Waals surface area contributed by atoms with Crippen LogP contribution in [0.4, 0.5) is 22.7 Å². The number of anilines is 1. The third-order valence-corrected chi connectivity index (χ3v) is 3.07. The largest absolute Gasteiger partial charge is 0.493 e. The van der Waals surface area contributed by atoms with Crippen molar-refractivity contribution in [2.24, 2.45) is 0 Å². The van der Waals surface area contributed by atoms with Crippen molar-refractivity contribution >= 4 is 22.7 Å². The molecule has 0 heterocycles. The molecule has 0 amide bonds. The molecule has 0 radical (unpaired) electrons. The van der Waals surface area contributed by atoms with Crippen LogP contribution in [-0.2, 0) is 0 Å². The molecule has 0 aliphatic rings. The summed E-state index contributed by atoms with van der Waals surface area (Å²) in [5.41, 5.74) is 3.00. The van der Waals surface area contributed by atoms with Gasteiger partial charge in [-0.2, -0.15) is 0 Å². The molecule has 0 unspecified atom stereocenters. The molecule has 2 aromatic carbocycles. The highest BCUT2D eigenvalue weighted by molar-refractivity contribution is 5.69. The van der Waals surface area contributed by atoms with E-state index < -0.39 is 37.6 Å². The summed E-state index contributed by atoms with van der Waals surface area (Å²) >= 11 is 0. The van der Waals surface area contributed by atoms with Crippen molar-refractivity contribution in [3.8, 4) is 17.2 Å². The predicted octanol–water partition coefficient (Wildman–Crippen LogP) is 2.79. The van der Waals surface area contributed by atoms with Crippen LogP contribution in [0, 0.1) is 30.3 Å². The van der Waals surface area contributed by atoms with Gasteiger partial charge < -0.3 is 15.2 Å². The fourth-order valence-electron chi connectivity index (χ4n) is 1.97. The fraction of sp³-hybridized carbons (Fsp3) is 0.0769. The Bertz CT molecular complexity index is 847. The zero-order valence-electron chi connectivity index (χ0n) is 12.6. The van der Waals surface area contributed by atoms with E-state index in [9.17, 15) is 30.3 Å². The van der Waals surface area contributed by atoms with Crippen LogP contribution >= 0.6 is 0 Å². The first-order chi connectivity index (χ1) is 11.8. The van der Waals surface area contributed by atoms with Crippen molar-refractivity contribution in [2.75, 3.05) is 12.8 Å². The van der Waals surface area contributed by atoms with Gasteiger partial charge in [0.15, 0.2) is 11.5 Å². The molecule has 0 fully saturated rings. The summed E-state index contributed by atoms with van der Waals surface area (Å²) in [7, 11) is 1.28. The van der Waals surface area contributed by atoms with Gasteiger partial charge in [0.1, 0.15) is 0 Å². The number of nitrogen functional groups attached to an aromatic ring is 1. The van der Waals surface area contributed by atoms with E-state index in [2.05, 4.69) is 0 Å². The van der Waals surface area contributed by atoms with Crippen LogP contribution in [0.2, 0.25) is 0 Å². The number of hydrogen-bond donors (Lipinski definition) is 1. The Morgan fingerprint density at radius 3 is 1.92 bits per heavy atom. The van der Waals surface area contributed by atoms with E-state index in [0.717, 1.165) is 0 Å². The Morgan fingerprint density at radius 2 is 1.48 bits per heavy atom. The second-order valence-corrected chi connectivity index (χ2v) is 4.57. The number of benzene rings is 2. The van der Waals surface area contributed by atoms with Crippen LogP contribution in [0.1, 0.15) is 0 Å². The summed E-state index contributed by atoms with van der Waals surface area (Å²) in [6.45, 7) is 0. The minimum atomic E-state index is -1.03. The summed E-state index contributed by atoms with van der Waals surface area (Å²) in [4.78, 5) is 30.3. The second-order valence-electron chi connectivity index (χ2n) is 4.57. The highest BCUT2D eigenvalue weighted by Crippen LogP contribution is 2.46. The van der Waals surface area contributed by atoms with E-state index in [-0.39, 0.29) is 17.2 Å². The lowest BCUT2D eigenvalue weighted by molar-refractivity contribution is -0.404. The monoisotopic (exact) mass is 350 g/mol. The Morgan fingerprint density at radius 1 is 0.920 bits per heavy atom. The van der Waals surface area contributed by atoms with Gasteiger partial charge in [-0.1, -0.05) is 6.07 Å². The summed E-state index contributed by atoms with van der Waals surface area (Å²) in [5, 5.41) is 33.3. The van der Waals surface area contributed by atoms with Gasteiger partial charge in [0.05, 0.1) is 39.7 Å². The summed E-state index contributed by atoms with van der Waals surface area (Å²) < 4.78 is 10.3. The van der Waals surface area contributed by atoms with Gasteiger partial charge in [0.25, 0.3) is 11.4 Å². The van der Waals surface area contributed by atoms with Gasteiger partial charge in [0, 0.05) is 0 Å². The van der Waals surface area contributed by atoms with Gasteiger partial charge in [-0.05, 0) is 12.1 Å². The van der Waals surface area contributed by atoms with E-state index in [4.69, 9.17) is 15.2 Å². The number of non-ortho nitro benzene ring substituents is 1. The number of methoxy groups -OCH3 is 1. The minimum Gasteiger partial charge on any atom is -0.493 e. The molecule has 0 saturated heterocycles. The zero-order chi connectivity index (χ0) is 18.7. The molecular formula is C13H10N4O8. The SMILES string of the molecule is COc1cccc(N)c1Oc1c([N+](=O)[O-])cc([N+](=O)[O-])cc1[N+](=O)[O-]. The number of hydrogen-bond acceptors (Lipinski definition) is 9. The summed E-state index contributed by atoms with van der Waals surface area (Å²) in [6.07, 6.45) is 0. The number of nitrogens with two attached hydrogens (primary N) is 1. The minimum absolute atomic E-state index is 0.00120. The maximum atomic E-state index is 11.2. The van der Waals surface area contributed by atoms with E-state index in [1.54, 1.807) is 0 Å². The van der Waals surface area contributed by atoms with E-state index in [0.29, 0.717) is 12.1 Å². The van der Waals surface area contributed by atoms with Gasteiger partial charge >= 0.3 is 11.4 Å².